The third-order valence-electron chi connectivity index (χ3n) is 3.78. The largest absolute Gasteiger partial charge is 0.459 e. The molecule has 0 radical (unpaired) electrons. The molecule has 0 aromatic heterocycles. The molecule has 1 atom stereocenters. The Hall–Kier alpha value is -1.28. The molecule has 1 N–H and O–H groups in total. The van der Waals surface area contributed by atoms with Crippen LogP contribution in [-0.4, -0.2) is 29.9 Å². The van der Waals surface area contributed by atoms with Gasteiger partial charge in [-0.2, -0.15) is 11.8 Å². The molecule has 2 rings (SSSR count). The number of hydrogen-bond acceptors (Lipinski definition) is 4. The number of halogens is 4. The molecule has 1 amide bonds. The maximum atomic E-state index is 14.0. The molecule has 0 bridgehead atoms. The van der Waals surface area contributed by atoms with Crippen LogP contribution in [-0.2, 0) is 16.1 Å². The number of benzene rings is 2. The number of ether oxygens (including phenoxy) is 1. The Balaban J connectivity index is 2.07. The number of amides is 1. The van der Waals surface area contributed by atoms with E-state index in [0.717, 1.165) is 0 Å². The summed E-state index contributed by atoms with van der Waals surface area (Å²) in [5.74, 6) is -1.03. The number of carbonyl (C=O) groups is 2. The van der Waals surface area contributed by atoms with E-state index in [0.29, 0.717) is 17.2 Å². The van der Waals surface area contributed by atoms with Crippen molar-refractivity contribution < 1.29 is 18.7 Å². The van der Waals surface area contributed by atoms with Crippen molar-refractivity contribution in [1.82, 2.24) is 5.32 Å². The second-order valence-corrected chi connectivity index (χ2v) is 8.44. The SMILES string of the molecule is CSCCC(NC(=O)c1ccc(Cl)cc1Cl)C(=O)OCc1cccc(Br)c1F. The zero-order chi connectivity index (χ0) is 20.7. The van der Waals surface area contributed by atoms with Gasteiger partial charge in [0.25, 0.3) is 5.91 Å². The zero-order valence-corrected chi connectivity index (χ0v) is 18.7. The molecule has 9 heteroatoms. The minimum Gasteiger partial charge on any atom is -0.459 e. The van der Waals surface area contributed by atoms with Crippen molar-refractivity contribution in [1.29, 1.82) is 0 Å². The molecular formula is C19H17BrCl2FNO3S. The Morgan fingerprint density at radius 2 is 2.04 bits per heavy atom. The second kappa shape index (κ2) is 11.0. The van der Waals surface area contributed by atoms with Crippen LogP contribution >= 0.6 is 50.9 Å². The van der Waals surface area contributed by atoms with Gasteiger partial charge in [0, 0.05) is 10.6 Å². The standard InChI is InChI=1S/C19H17BrCl2FNO3S/c1-28-8-7-16(24-18(25)13-6-5-12(21)9-15(13)22)19(26)27-10-11-3-2-4-14(20)17(11)23/h2-6,9,16H,7-8,10H2,1H3,(H,24,25). The molecule has 0 saturated heterocycles. The number of hydrogen-bond donors (Lipinski definition) is 1. The summed E-state index contributed by atoms with van der Waals surface area (Å²) in [4.78, 5) is 25.0. The molecule has 1 unspecified atom stereocenters. The average Bonchev–Trinajstić information content (AvgIpc) is 2.65. The minimum atomic E-state index is -0.887. The quantitative estimate of drug-likeness (QED) is 0.479. The van der Waals surface area contributed by atoms with Crippen LogP contribution in [0.25, 0.3) is 0 Å². The lowest BCUT2D eigenvalue weighted by molar-refractivity contribution is -0.147. The highest BCUT2D eigenvalue weighted by atomic mass is 79.9. The van der Waals surface area contributed by atoms with Gasteiger partial charge in [0.1, 0.15) is 18.5 Å². The van der Waals surface area contributed by atoms with Gasteiger partial charge < -0.3 is 10.1 Å². The van der Waals surface area contributed by atoms with Crippen LogP contribution in [0.2, 0.25) is 10.0 Å². The van der Waals surface area contributed by atoms with Gasteiger partial charge in [-0.3, -0.25) is 4.79 Å². The number of esters is 1. The Morgan fingerprint density at radius 3 is 2.71 bits per heavy atom. The summed E-state index contributed by atoms with van der Waals surface area (Å²) in [5, 5.41) is 3.21. The molecule has 0 saturated carbocycles. The van der Waals surface area contributed by atoms with Gasteiger partial charge in [-0.15, -0.1) is 0 Å². The molecule has 0 fully saturated rings. The molecule has 0 heterocycles. The summed E-state index contributed by atoms with van der Waals surface area (Å²) in [6.07, 6.45) is 2.25. The van der Waals surface area contributed by atoms with Crippen LogP contribution in [0, 0.1) is 5.82 Å². The number of rotatable bonds is 8. The van der Waals surface area contributed by atoms with Crippen molar-refractivity contribution in [3.05, 3.63) is 67.9 Å². The van der Waals surface area contributed by atoms with Crippen molar-refractivity contribution in [2.24, 2.45) is 0 Å². The number of carbonyl (C=O) groups excluding carboxylic acids is 2. The summed E-state index contributed by atoms with van der Waals surface area (Å²) in [5.41, 5.74) is 0.435. The van der Waals surface area contributed by atoms with Gasteiger partial charge in [-0.05, 0) is 58.6 Å². The fraction of sp³-hybridized carbons (Fsp3) is 0.263. The van der Waals surface area contributed by atoms with Crippen LogP contribution in [0.3, 0.4) is 0 Å². The zero-order valence-electron chi connectivity index (χ0n) is 14.8. The van der Waals surface area contributed by atoms with Crippen molar-refractivity contribution >= 4 is 62.8 Å². The minimum absolute atomic E-state index is 0.179. The highest BCUT2D eigenvalue weighted by molar-refractivity contribution is 9.10. The van der Waals surface area contributed by atoms with Crippen LogP contribution in [0.1, 0.15) is 22.3 Å². The Kier molecular flexibility index (Phi) is 9.08. The molecule has 2 aromatic rings. The molecular weight excluding hydrogens is 492 g/mol. The maximum Gasteiger partial charge on any atom is 0.329 e. The summed E-state index contributed by atoms with van der Waals surface area (Å²) in [6, 6.07) is 8.30. The lowest BCUT2D eigenvalue weighted by Gasteiger charge is -2.18. The highest BCUT2D eigenvalue weighted by Crippen LogP contribution is 2.22. The third kappa shape index (κ3) is 6.37. The molecule has 0 aliphatic heterocycles. The van der Waals surface area contributed by atoms with Crippen LogP contribution < -0.4 is 5.32 Å². The first-order valence-corrected chi connectivity index (χ1v) is 11.1. The van der Waals surface area contributed by atoms with Gasteiger partial charge in [0.05, 0.1) is 15.1 Å². The molecule has 2 aromatic carbocycles. The number of nitrogens with one attached hydrogen (secondary N) is 1. The lowest BCUT2D eigenvalue weighted by atomic mass is 10.1. The first kappa shape index (κ1) is 23.0. The van der Waals surface area contributed by atoms with E-state index in [4.69, 9.17) is 27.9 Å². The van der Waals surface area contributed by atoms with E-state index < -0.39 is 23.7 Å². The first-order valence-electron chi connectivity index (χ1n) is 8.18. The molecule has 150 valence electrons. The number of thioether (sulfide) groups is 1. The summed E-state index contributed by atoms with van der Waals surface area (Å²) in [7, 11) is 0. The van der Waals surface area contributed by atoms with E-state index in [1.165, 1.54) is 36.0 Å². The fourth-order valence-corrected chi connectivity index (χ4v) is 3.68. The van der Waals surface area contributed by atoms with Gasteiger partial charge >= 0.3 is 5.97 Å². The monoisotopic (exact) mass is 507 g/mol. The van der Waals surface area contributed by atoms with Gasteiger partial charge in [-0.25, -0.2) is 9.18 Å². The third-order valence-corrected chi connectivity index (χ3v) is 5.58. The van der Waals surface area contributed by atoms with E-state index in [9.17, 15) is 14.0 Å². The lowest BCUT2D eigenvalue weighted by Crippen LogP contribution is -2.42. The smallest absolute Gasteiger partial charge is 0.329 e. The summed E-state index contributed by atoms with van der Waals surface area (Å²) >= 11 is 16.5. The van der Waals surface area contributed by atoms with Gasteiger partial charge in [-0.1, -0.05) is 35.3 Å². The second-order valence-electron chi connectivity index (χ2n) is 5.75. The molecule has 0 spiro atoms. The van der Waals surface area contributed by atoms with Gasteiger partial charge in [0.15, 0.2) is 0 Å². The van der Waals surface area contributed by atoms with Crippen molar-refractivity contribution in [3.8, 4) is 0 Å². The van der Waals surface area contributed by atoms with Crippen LogP contribution in [0.15, 0.2) is 40.9 Å². The molecule has 0 aliphatic rings. The Bertz CT molecular complexity index is 869. The van der Waals surface area contributed by atoms with Crippen molar-refractivity contribution in [2.45, 2.75) is 19.1 Å². The van der Waals surface area contributed by atoms with Crippen LogP contribution in [0.5, 0.6) is 0 Å². The Morgan fingerprint density at radius 1 is 1.29 bits per heavy atom. The van der Waals surface area contributed by atoms with E-state index >= 15 is 0 Å². The predicted molar refractivity (Wildman–Crippen MR) is 115 cm³/mol. The highest BCUT2D eigenvalue weighted by Gasteiger charge is 2.24. The van der Waals surface area contributed by atoms with E-state index in [-0.39, 0.29) is 27.2 Å². The molecule has 28 heavy (non-hydrogen) atoms. The predicted octanol–water partition coefficient (Wildman–Crippen LogP) is 5.49. The van der Waals surface area contributed by atoms with E-state index in [1.807, 2.05) is 6.26 Å². The fourth-order valence-electron chi connectivity index (χ4n) is 2.30. The Labute approximate surface area is 185 Å². The van der Waals surface area contributed by atoms with Crippen molar-refractivity contribution in [3.63, 3.8) is 0 Å². The maximum absolute atomic E-state index is 14.0. The first-order chi connectivity index (χ1) is 13.3. The summed E-state index contributed by atoms with van der Waals surface area (Å²) in [6.45, 7) is -0.239. The van der Waals surface area contributed by atoms with E-state index in [1.54, 1.807) is 12.1 Å². The normalized spacial score (nSPS) is 11.8. The van der Waals surface area contributed by atoms with Crippen LogP contribution in [0.4, 0.5) is 4.39 Å². The average molecular weight is 509 g/mol. The summed E-state index contributed by atoms with van der Waals surface area (Å²) < 4.78 is 19.5. The van der Waals surface area contributed by atoms with E-state index in [2.05, 4.69) is 21.2 Å². The van der Waals surface area contributed by atoms with Crippen molar-refractivity contribution in [2.75, 3.05) is 12.0 Å². The molecule has 0 aliphatic carbocycles. The topological polar surface area (TPSA) is 55.4 Å². The van der Waals surface area contributed by atoms with Gasteiger partial charge in [0.2, 0.25) is 0 Å². The molecule has 4 nitrogen and oxygen atoms in total.